The Morgan fingerprint density at radius 1 is 1.40 bits per heavy atom. The lowest BCUT2D eigenvalue weighted by atomic mass is 9.86. The molecule has 0 radical (unpaired) electrons. The zero-order chi connectivity index (χ0) is 11.8. The van der Waals surface area contributed by atoms with Crippen molar-refractivity contribution in [2.75, 3.05) is 0 Å². The van der Waals surface area contributed by atoms with E-state index in [1.165, 1.54) is 0 Å². The molecule has 0 bridgehead atoms. The number of hydrogen-bond acceptors (Lipinski definition) is 2. The first-order valence-corrected chi connectivity index (χ1v) is 6.18. The van der Waals surface area contributed by atoms with Crippen LogP contribution in [-0.4, -0.2) is 10.7 Å². The molecule has 82 valence electrons. The van der Waals surface area contributed by atoms with Gasteiger partial charge in [0.25, 0.3) is 0 Å². The lowest BCUT2D eigenvalue weighted by Gasteiger charge is -2.21. The monoisotopic (exact) mass is 356 g/mol. The maximum Gasteiger partial charge on any atom is 0.140 e. The smallest absolute Gasteiger partial charge is 0.140 e. The van der Waals surface area contributed by atoms with Crippen molar-refractivity contribution >= 4 is 51.5 Å². The molecule has 0 fully saturated rings. The summed E-state index contributed by atoms with van der Waals surface area (Å²) in [6.45, 7) is 5.91. The molecule has 1 aromatic rings. The minimum atomic E-state index is -0.251. The molecule has 0 atom stereocenters. The quantitative estimate of drug-likeness (QED) is 0.451. The summed E-state index contributed by atoms with van der Waals surface area (Å²) in [7, 11) is 0. The summed E-state index contributed by atoms with van der Waals surface area (Å²) in [5.41, 5.74) is 0.897. The third-order valence-corrected chi connectivity index (χ3v) is 3.21. The predicted molar refractivity (Wildman–Crippen MR) is 73.3 cm³/mol. The number of nitrogens with zero attached hydrogens (tertiary/aromatic N) is 1. The summed E-state index contributed by atoms with van der Waals surface area (Å²) in [6.07, 6.45) is 0. The van der Waals surface area contributed by atoms with Gasteiger partial charge in [0.15, 0.2) is 0 Å². The highest BCUT2D eigenvalue weighted by Gasteiger charge is 2.24. The van der Waals surface area contributed by atoms with E-state index in [1.54, 1.807) is 6.07 Å². The number of nitrogens with one attached hydrogen (secondary N) is 1. The average molecular weight is 357 g/mol. The molecule has 0 aliphatic heterocycles. The summed E-state index contributed by atoms with van der Waals surface area (Å²) in [4.78, 5) is 3.95. The van der Waals surface area contributed by atoms with Crippen LogP contribution in [0.5, 0.6) is 0 Å². The van der Waals surface area contributed by atoms with Crippen LogP contribution in [-0.2, 0) is 0 Å². The van der Waals surface area contributed by atoms with Crippen LogP contribution in [0.4, 0.5) is 0 Å². The van der Waals surface area contributed by atoms with Crippen molar-refractivity contribution in [3.63, 3.8) is 0 Å². The van der Waals surface area contributed by atoms with E-state index in [0.717, 1.165) is 3.57 Å². The Labute approximate surface area is 113 Å². The Morgan fingerprint density at radius 3 is 2.33 bits per heavy atom. The Bertz CT molecular complexity index is 387. The van der Waals surface area contributed by atoms with Crippen molar-refractivity contribution in [2.45, 2.75) is 20.8 Å². The third-order valence-electron chi connectivity index (χ3n) is 1.90. The van der Waals surface area contributed by atoms with E-state index >= 15 is 0 Å². The van der Waals surface area contributed by atoms with Crippen LogP contribution in [0, 0.1) is 14.4 Å². The zero-order valence-corrected chi connectivity index (χ0v) is 12.3. The van der Waals surface area contributed by atoms with E-state index < -0.39 is 0 Å². The van der Waals surface area contributed by atoms with Crippen LogP contribution < -0.4 is 0 Å². The standard InChI is InChI=1S/C10H11Cl2IN2/c1-10(2,3)8(14)7-5(13)4-6(11)15-9(7)12/h4,14H,1-3H3. The molecular formula is C10H11Cl2IN2. The zero-order valence-electron chi connectivity index (χ0n) is 8.66. The molecule has 0 saturated heterocycles. The second-order valence-electron chi connectivity index (χ2n) is 4.22. The van der Waals surface area contributed by atoms with Gasteiger partial charge < -0.3 is 5.41 Å². The third kappa shape index (κ3) is 3.04. The van der Waals surface area contributed by atoms with Gasteiger partial charge >= 0.3 is 0 Å². The fraction of sp³-hybridized carbons (Fsp3) is 0.400. The minimum Gasteiger partial charge on any atom is -0.304 e. The second kappa shape index (κ2) is 4.55. The molecule has 1 heterocycles. The Balaban J connectivity index is 3.33. The number of rotatable bonds is 1. The molecule has 0 saturated carbocycles. The maximum atomic E-state index is 8.06. The Morgan fingerprint density at radius 2 is 1.93 bits per heavy atom. The van der Waals surface area contributed by atoms with Crippen molar-refractivity contribution in [3.8, 4) is 0 Å². The summed E-state index contributed by atoms with van der Waals surface area (Å²) < 4.78 is 0.859. The van der Waals surface area contributed by atoms with Gasteiger partial charge in [0.05, 0.1) is 0 Å². The summed E-state index contributed by atoms with van der Waals surface area (Å²) in [6, 6.07) is 1.71. The Hall–Kier alpha value is 0.130. The van der Waals surface area contributed by atoms with E-state index in [0.29, 0.717) is 21.6 Å². The normalized spacial score (nSPS) is 11.6. The molecule has 1 aromatic heterocycles. The summed E-state index contributed by atoms with van der Waals surface area (Å²) in [5.74, 6) is 0. The fourth-order valence-electron chi connectivity index (χ4n) is 1.05. The first-order chi connectivity index (χ1) is 6.73. The molecule has 2 nitrogen and oxygen atoms in total. The first kappa shape index (κ1) is 13.2. The van der Waals surface area contributed by atoms with E-state index in [2.05, 4.69) is 27.6 Å². The van der Waals surface area contributed by atoms with Gasteiger partial charge in [-0.2, -0.15) is 0 Å². The van der Waals surface area contributed by atoms with Crippen molar-refractivity contribution in [1.82, 2.24) is 4.98 Å². The van der Waals surface area contributed by atoms with Gasteiger partial charge in [0.1, 0.15) is 10.3 Å². The van der Waals surface area contributed by atoms with E-state index in [9.17, 15) is 0 Å². The molecule has 0 aliphatic rings. The molecule has 0 amide bonds. The largest absolute Gasteiger partial charge is 0.304 e. The second-order valence-corrected chi connectivity index (χ2v) is 6.13. The highest BCUT2D eigenvalue weighted by molar-refractivity contribution is 14.1. The molecule has 0 aromatic carbocycles. The lowest BCUT2D eigenvalue weighted by Crippen LogP contribution is -2.22. The predicted octanol–water partition coefficient (Wildman–Crippen LogP) is 4.41. The van der Waals surface area contributed by atoms with Gasteiger partial charge in [-0.15, -0.1) is 0 Å². The highest BCUT2D eigenvalue weighted by Crippen LogP contribution is 2.29. The molecule has 15 heavy (non-hydrogen) atoms. The van der Waals surface area contributed by atoms with Crippen LogP contribution in [0.1, 0.15) is 26.3 Å². The van der Waals surface area contributed by atoms with E-state index in [-0.39, 0.29) is 5.41 Å². The molecule has 1 rings (SSSR count). The molecule has 0 aliphatic carbocycles. The Kier molecular flexibility index (Phi) is 4.01. The van der Waals surface area contributed by atoms with Crippen LogP contribution in [0.2, 0.25) is 10.3 Å². The minimum absolute atomic E-state index is 0.251. The SMILES string of the molecule is CC(C)(C)C(=N)c1c(I)cc(Cl)nc1Cl. The molecule has 1 N–H and O–H groups in total. The van der Waals surface area contributed by atoms with Crippen molar-refractivity contribution in [3.05, 3.63) is 25.5 Å². The molecule has 0 unspecified atom stereocenters. The van der Waals surface area contributed by atoms with Crippen molar-refractivity contribution in [1.29, 1.82) is 5.41 Å². The van der Waals surface area contributed by atoms with Crippen molar-refractivity contribution in [2.24, 2.45) is 5.41 Å². The lowest BCUT2D eigenvalue weighted by molar-refractivity contribution is 0.588. The highest BCUT2D eigenvalue weighted by atomic mass is 127. The van der Waals surface area contributed by atoms with Gasteiger partial charge in [-0.3, -0.25) is 0 Å². The fourth-order valence-corrected chi connectivity index (χ4v) is 2.74. The number of hydrogen-bond donors (Lipinski definition) is 1. The van der Waals surface area contributed by atoms with Gasteiger partial charge in [-0.05, 0) is 28.7 Å². The molecule has 5 heteroatoms. The van der Waals surface area contributed by atoms with Crippen LogP contribution in [0.3, 0.4) is 0 Å². The van der Waals surface area contributed by atoms with Gasteiger partial charge in [-0.25, -0.2) is 4.98 Å². The summed E-state index contributed by atoms with van der Waals surface area (Å²) in [5, 5.41) is 8.72. The molecule has 0 spiro atoms. The molecular weight excluding hydrogens is 346 g/mol. The van der Waals surface area contributed by atoms with Crippen LogP contribution in [0.25, 0.3) is 0 Å². The van der Waals surface area contributed by atoms with Gasteiger partial charge in [0.2, 0.25) is 0 Å². The first-order valence-electron chi connectivity index (χ1n) is 4.34. The number of halogens is 3. The maximum absolute atomic E-state index is 8.06. The summed E-state index contributed by atoms with van der Waals surface area (Å²) >= 11 is 13.9. The van der Waals surface area contributed by atoms with Crippen molar-refractivity contribution < 1.29 is 0 Å². The van der Waals surface area contributed by atoms with Gasteiger partial charge in [-0.1, -0.05) is 44.0 Å². The van der Waals surface area contributed by atoms with Crippen LogP contribution in [0.15, 0.2) is 6.07 Å². The van der Waals surface area contributed by atoms with E-state index in [4.69, 9.17) is 28.6 Å². The van der Waals surface area contributed by atoms with Crippen LogP contribution >= 0.6 is 45.8 Å². The van der Waals surface area contributed by atoms with Gasteiger partial charge in [0, 0.05) is 20.3 Å². The number of aromatic nitrogens is 1. The topological polar surface area (TPSA) is 36.7 Å². The average Bonchev–Trinajstić information content (AvgIpc) is 1.99. The number of pyridine rings is 1. The van der Waals surface area contributed by atoms with E-state index in [1.807, 2.05) is 20.8 Å².